The number of sulfonamides is 1. The lowest BCUT2D eigenvalue weighted by Gasteiger charge is -2.33. The Bertz CT molecular complexity index is 421. The molecular formula is C13H27N3O3S. The standard InChI is InChI=1S/C13H27N3O3S/c1-5-20(18,19)15-11-6-8-16(9-7-11)12(17)10-14-13(2,3)4/h11,14-15H,5-10H2,1-4H3. The Kier molecular flexibility index (Phi) is 5.97. The van der Waals surface area contributed by atoms with E-state index in [0.717, 1.165) is 0 Å². The van der Waals surface area contributed by atoms with Crippen LogP contribution >= 0.6 is 0 Å². The zero-order valence-corrected chi connectivity index (χ0v) is 13.7. The SMILES string of the molecule is CCS(=O)(=O)NC1CCN(C(=O)CNC(C)(C)C)CC1. The number of hydrogen-bond donors (Lipinski definition) is 2. The summed E-state index contributed by atoms with van der Waals surface area (Å²) in [5.74, 6) is 0.179. The van der Waals surface area contributed by atoms with Crippen LogP contribution in [-0.4, -0.2) is 56.2 Å². The maximum Gasteiger partial charge on any atom is 0.236 e. The van der Waals surface area contributed by atoms with Gasteiger partial charge in [0, 0.05) is 24.7 Å². The summed E-state index contributed by atoms with van der Waals surface area (Å²) in [6.07, 6.45) is 1.36. The Hall–Kier alpha value is -0.660. The summed E-state index contributed by atoms with van der Waals surface area (Å²) in [7, 11) is -3.15. The van der Waals surface area contributed by atoms with Gasteiger partial charge in [-0.2, -0.15) is 0 Å². The number of hydrogen-bond acceptors (Lipinski definition) is 4. The molecule has 0 unspecified atom stereocenters. The second-order valence-corrected chi connectivity index (χ2v) is 8.32. The van der Waals surface area contributed by atoms with Gasteiger partial charge in [0.15, 0.2) is 0 Å². The average molecular weight is 305 g/mol. The molecule has 0 aromatic heterocycles. The lowest BCUT2D eigenvalue weighted by molar-refractivity contribution is -0.131. The molecule has 1 saturated heterocycles. The lowest BCUT2D eigenvalue weighted by Crippen LogP contribution is -2.50. The number of carbonyl (C=O) groups excluding carboxylic acids is 1. The van der Waals surface area contributed by atoms with Gasteiger partial charge in [0.25, 0.3) is 0 Å². The normalized spacial score (nSPS) is 18.3. The van der Waals surface area contributed by atoms with Gasteiger partial charge in [-0.1, -0.05) is 0 Å². The second-order valence-electron chi connectivity index (χ2n) is 6.28. The molecule has 1 fully saturated rings. The molecule has 0 aromatic carbocycles. The Morgan fingerprint density at radius 3 is 2.25 bits per heavy atom. The summed E-state index contributed by atoms with van der Waals surface area (Å²) in [5, 5.41) is 3.17. The van der Waals surface area contributed by atoms with Crippen LogP contribution in [0.4, 0.5) is 0 Å². The average Bonchev–Trinajstić information content (AvgIpc) is 2.35. The summed E-state index contributed by atoms with van der Waals surface area (Å²) in [5.41, 5.74) is -0.0786. The largest absolute Gasteiger partial charge is 0.341 e. The number of amides is 1. The van der Waals surface area contributed by atoms with Gasteiger partial charge in [-0.25, -0.2) is 13.1 Å². The van der Waals surface area contributed by atoms with Crippen molar-refractivity contribution >= 4 is 15.9 Å². The molecule has 0 saturated carbocycles. The van der Waals surface area contributed by atoms with Crippen LogP contribution in [0.1, 0.15) is 40.5 Å². The van der Waals surface area contributed by atoms with Crippen LogP contribution in [0.5, 0.6) is 0 Å². The van der Waals surface area contributed by atoms with E-state index in [4.69, 9.17) is 0 Å². The topological polar surface area (TPSA) is 78.5 Å². The Morgan fingerprint density at radius 2 is 1.80 bits per heavy atom. The molecule has 0 aromatic rings. The minimum absolute atomic E-state index is 0.0421. The molecule has 0 atom stereocenters. The van der Waals surface area contributed by atoms with Gasteiger partial charge in [-0.3, -0.25) is 4.79 Å². The molecule has 20 heavy (non-hydrogen) atoms. The molecule has 118 valence electrons. The monoisotopic (exact) mass is 305 g/mol. The van der Waals surface area contributed by atoms with Gasteiger partial charge in [0.05, 0.1) is 12.3 Å². The van der Waals surface area contributed by atoms with Crippen LogP contribution in [0.3, 0.4) is 0 Å². The van der Waals surface area contributed by atoms with E-state index in [1.807, 2.05) is 20.8 Å². The molecule has 1 aliphatic rings. The minimum atomic E-state index is -3.15. The van der Waals surface area contributed by atoms with Crippen molar-refractivity contribution in [3.8, 4) is 0 Å². The second kappa shape index (κ2) is 6.87. The first-order valence-electron chi connectivity index (χ1n) is 7.16. The molecule has 1 rings (SSSR count). The fraction of sp³-hybridized carbons (Fsp3) is 0.923. The third-order valence-corrected chi connectivity index (χ3v) is 4.80. The molecule has 1 amide bonds. The molecule has 6 nitrogen and oxygen atoms in total. The number of piperidine rings is 1. The predicted molar refractivity (Wildman–Crippen MR) is 80.0 cm³/mol. The van der Waals surface area contributed by atoms with Crippen molar-refractivity contribution in [3.63, 3.8) is 0 Å². The van der Waals surface area contributed by atoms with Crippen LogP contribution < -0.4 is 10.0 Å². The zero-order valence-electron chi connectivity index (χ0n) is 12.9. The maximum absolute atomic E-state index is 12.0. The fourth-order valence-corrected chi connectivity index (χ4v) is 2.95. The van der Waals surface area contributed by atoms with E-state index in [9.17, 15) is 13.2 Å². The van der Waals surface area contributed by atoms with Gasteiger partial charge in [0.1, 0.15) is 0 Å². The van der Waals surface area contributed by atoms with E-state index >= 15 is 0 Å². The summed E-state index contributed by atoms with van der Waals surface area (Å²) in [6, 6.07) is -0.0421. The smallest absolute Gasteiger partial charge is 0.236 e. The first-order valence-corrected chi connectivity index (χ1v) is 8.81. The maximum atomic E-state index is 12.0. The van der Waals surface area contributed by atoms with Crippen LogP contribution in [0, 0.1) is 0 Å². The van der Waals surface area contributed by atoms with Crippen LogP contribution in [0.15, 0.2) is 0 Å². The summed E-state index contributed by atoms with van der Waals surface area (Å²) in [4.78, 5) is 13.8. The van der Waals surface area contributed by atoms with Crippen molar-refractivity contribution < 1.29 is 13.2 Å². The Balaban J connectivity index is 2.37. The first kappa shape index (κ1) is 17.4. The number of rotatable bonds is 5. The summed E-state index contributed by atoms with van der Waals surface area (Å²) >= 11 is 0. The molecule has 7 heteroatoms. The van der Waals surface area contributed by atoms with E-state index in [1.54, 1.807) is 11.8 Å². The van der Waals surface area contributed by atoms with Gasteiger partial charge in [-0.05, 0) is 40.5 Å². The van der Waals surface area contributed by atoms with Crippen LogP contribution in [-0.2, 0) is 14.8 Å². The lowest BCUT2D eigenvalue weighted by atomic mass is 10.1. The van der Waals surface area contributed by atoms with Crippen molar-refractivity contribution in [2.75, 3.05) is 25.4 Å². The highest BCUT2D eigenvalue weighted by molar-refractivity contribution is 7.89. The molecular weight excluding hydrogens is 278 g/mol. The quantitative estimate of drug-likeness (QED) is 0.766. The number of nitrogens with one attached hydrogen (secondary N) is 2. The van der Waals surface area contributed by atoms with Gasteiger partial charge in [0.2, 0.25) is 15.9 Å². The van der Waals surface area contributed by atoms with Crippen molar-refractivity contribution in [1.82, 2.24) is 14.9 Å². The van der Waals surface area contributed by atoms with Crippen molar-refractivity contribution in [1.29, 1.82) is 0 Å². The molecule has 0 bridgehead atoms. The van der Waals surface area contributed by atoms with Crippen LogP contribution in [0.25, 0.3) is 0 Å². The highest BCUT2D eigenvalue weighted by Crippen LogP contribution is 2.11. The van der Waals surface area contributed by atoms with E-state index in [1.165, 1.54) is 0 Å². The van der Waals surface area contributed by atoms with E-state index in [-0.39, 0.29) is 23.2 Å². The van der Waals surface area contributed by atoms with E-state index in [0.29, 0.717) is 32.5 Å². The Labute approximate surface area is 122 Å². The minimum Gasteiger partial charge on any atom is -0.341 e. The van der Waals surface area contributed by atoms with Crippen molar-refractivity contribution in [3.05, 3.63) is 0 Å². The molecule has 0 aliphatic carbocycles. The van der Waals surface area contributed by atoms with Gasteiger partial charge in [-0.15, -0.1) is 0 Å². The summed E-state index contributed by atoms with van der Waals surface area (Å²) < 4.78 is 25.7. The Morgan fingerprint density at radius 1 is 1.25 bits per heavy atom. The third kappa shape index (κ3) is 6.19. The first-order chi connectivity index (χ1) is 9.13. The fourth-order valence-electron chi connectivity index (χ4n) is 2.04. The predicted octanol–water partition coefficient (Wildman–Crippen LogP) is 0.305. The third-order valence-electron chi connectivity index (χ3n) is 3.34. The number of likely N-dealkylation sites (tertiary alicyclic amines) is 1. The van der Waals surface area contributed by atoms with Crippen molar-refractivity contribution in [2.24, 2.45) is 0 Å². The highest BCUT2D eigenvalue weighted by atomic mass is 32.2. The van der Waals surface area contributed by atoms with Gasteiger partial charge >= 0.3 is 0 Å². The molecule has 1 heterocycles. The number of carbonyl (C=O) groups is 1. The van der Waals surface area contributed by atoms with E-state index < -0.39 is 10.0 Å². The molecule has 1 aliphatic heterocycles. The summed E-state index contributed by atoms with van der Waals surface area (Å²) in [6.45, 7) is 9.24. The van der Waals surface area contributed by atoms with Crippen LogP contribution in [0.2, 0.25) is 0 Å². The molecule has 0 spiro atoms. The zero-order chi connectivity index (χ0) is 15.4. The van der Waals surface area contributed by atoms with Crippen molar-refractivity contribution in [2.45, 2.75) is 52.1 Å². The number of nitrogens with zero attached hydrogens (tertiary/aromatic N) is 1. The van der Waals surface area contributed by atoms with Gasteiger partial charge < -0.3 is 10.2 Å². The molecule has 0 radical (unpaired) electrons. The molecule has 2 N–H and O–H groups in total. The van der Waals surface area contributed by atoms with E-state index in [2.05, 4.69) is 10.0 Å². The highest BCUT2D eigenvalue weighted by Gasteiger charge is 2.25.